The first-order valence-corrected chi connectivity index (χ1v) is 11.1. The molecule has 2 fully saturated rings. The number of anilines is 1. The van der Waals surface area contributed by atoms with Crippen molar-refractivity contribution in [2.24, 2.45) is 0 Å². The zero-order valence-electron chi connectivity index (χ0n) is 17.9. The van der Waals surface area contributed by atoms with E-state index in [1.807, 2.05) is 24.5 Å². The second-order valence-corrected chi connectivity index (χ2v) is 8.92. The molecule has 0 spiro atoms. The van der Waals surface area contributed by atoms with Crippen LogP contribution in [0.1, 0.15) is 5.56 Å². The monoisotopic (exact) mass is 439 g/mol. The van der Waals surface area contributed by atoms with Crippen LogP contribution in [0.15, 0.2) is 79.6 Å². The number of nitrogens with zero attached hydrogens (tertiary/aromatic N) is 4. The largest absolute Gasteiger partial charge is 0.472 e. The van der Waals surface area contributed by atoms with E-state index < -0.39 is 0 Å². The van der Waals surface area contributed by atoms with Crippen molar-refractivity contribution in [2.45, 2.75) is 18.7 Å². The van der Waals surface area contributed by atoms with Crippen molar-refractivity contribution < 1.29 is 9.13 Å². The van der Waals surface area contributed by atoms with Gasteiger partial charge in [0.2, 0.25) is 0 Å². The van der Waals surface area contributed by atoms with Gasteiger partial charge in [-0.15, -0.1) is 0 Å². The number of imidazole rings is 1. The van der Waals surface area contributed by atoms with Gasteiger partial charge in [0.1, 0.15) is 11.9 Å². The smallest absolute Gasteiger partial charge is 0.180 e. The van der Waals surface area contributed by atoms with Crippen LogP contribution >= 0.6 is 0 Å². The molecule has 2 aromatic carbocycles. The number of aromatic nitrogens is 3. The van der Waals surface area contributed by atoms with Crippen LogP contribution in [-0.2, 0) is 11.3 Å². The van der Waals surface area contributed by atoms with E-state index in [4.69, 9.17) is 4.74 Å². The van der Waals surface area contributed by atoms with E-state index in [2.05, 4.69) is 61.4 Å². The van der Waals surface area contributed by atoms with Gasteiger partial charge in [0.25, 0.3) is 0 Å². The molecule has 0 unspecified atom stereocenters. The van der Waals surface area contributed by atoms with E-state index in [1.165, 1.54) is 23.4 Å². The average molecular weight is 439 g/mol. The number of rotatable bonds is 2. The van der Waals surface area contributed by atoms with Crippen molar-refractivity contribution in [3.63, 3.8) is 0 Å². The normalized spacial score (nSPS) is 20.4. The number of benzene rings is 2. The minimum Gasteiger partial charge on any atom is -0.472 e. The Morgan fingerprint density at radius 3 is 2.79 bits per heavy atom. The SMILES string of the molecule is C=C1N[C@@H]2CN(c3ccc4c(c3)Cn3cc(-c5ccc(F)cc5)cc3-c3nccn3-4)C[C@@H]2O1. The molecule has 33 heavy (non-hydrogen) atoms. The van der Waals surface area contributed by atoms with E-state index in [0.717, 1.165) is 48.0 Å². The number of hydrogen-bond acceptors (Lipinski definition) is 4. The van der Waals surface area contributed by atoms with Gasteiger partial charge in [-0.3, -0.25) is 4.57 Å². The van der Waals surface area contributed by atoms with Crippen molar-refractivity contribution in [1.29, 1.82) is 0 Å². The van der Waals surface area contributed by atoms with Gasteiger partial charge < -0.3 is 19.5 Å². The van der Waals surface area contributed by atoms with Crippen molar-refractivity contribution in [3.8, 4) is 28.3 Å². The number of ether oxygens (including phenoxy) is 1. The summed E-state index contributed by atoms with van der Waals surface area (Å²) in [5.41, 5.74) is 6.64. The zero-order chi connectivity index (χ0) is 22.1. The summed E-state index contributed by atoms with van der Waals surface area (Å²) in [6.07, 6.45) is 6.13. The Balaban J connectivity index is 1.28. The van der Waals surface area contributed by atoms with Gasteiger partial charge in [0.05, 0.1) is 24.0 Å². The Morgan fingerprint density at radius 2 is 1.94 bits per heavy atom. The Labute approximate surface area is 190 Å². The van der Waals surface area contributed by atoms with Gasteiger partial charge >= 0.3 is 0 Å². The lowest BCUT2D eigenvalue weighted by molar-refractivity contribution is 0.174. The van der Waals surface area contributed by atoms with Crippen LogP contribution in [0.3, 0.4) is 0 Å². The van der Waals surface area contributed by atoms with Crippen LogP contribution in [0, 0.1) is 5.82 Å². The van der Waals surface area contributed by atoms with Gasteiger partial charge in [0.15, 0.2) is 11.7 Å². The summed E-state index contributed by atoms with van der Waals surface area (Å²) in [6, 6.07) is 15.7. The van der Waals surface area contributed by atoms with Gasteiger partial charge in [-0.05, 0) is 54.1 Å². The van der Waals surface area contributed by atoms with E-state index in [9.17, 15) is 4.39 Å². The van der Waals surface area contributed by atoms with Crippen molar-refractivity contribution in [3.05, 3.63) is 91.0 Å². The molecular weight excluding hydrogens is 417 g/mol. The Bertz CT molecular complexity index is 1390. The maximum absolute atomic E-state index is 13.4. The summed E-state index contributed by atoms with van der Waals surface area (Å²) in [5, 5.41) is 3.33. The number of hydrogen-bond donors (Lipinski definition) is 1. The first-order chi connectivity index (χ1) is 16.1. The summed E-state index contributed by atoms with van der Waals surface area (Å²) in [6.45, 7) is 6.35. The molecule has 7 heteroatoms. The fraction of sp³-hybridized carbons (Fsp3) is 0.192. The molecule has 3 aliphatic rings. The van der Waals surface area contributed by atoms with E-state index in [-0.39, 0.29) is 18.0 Å². The summed E-state index contributed by atoms with van der Waals surface area (Å²) in [7, 11) is 0. The van der Waals surface area contributed by atoms with Gasteiger partial charge in [-0.25, -0.2) is 9.37 Å². The summed E-state index contributed by atoms with van der Waals surface area (Å²) in [4.78, 5) is 7.03. The highest BCUT2D eigenvalue weighted by molar-refractivity contribution is 5.72. The summed E-state index contributed by atoms with van der Waals surface area (Å²) >= 11 is 0. The van der Waals surface area contributed by atoms with Crippen LogP contribution in [-0.4, -0.2) is 39.4 Å². The summed E-state index contributed by atoms with van der Waals surface area (Å²) in [5.74, 6) is 1.35. The number of fused-ring (bicyclic) bond motifs is 6. The maximum Gasteiger partial charge on any atom is 0.180 e. The zero-order valence-corrected chi connectivity index (χ0v) is 17.9. The van der Waals surface area contributed by atoms with Crippen LogP contribution in [0.25, 0.3) is 28.3 Å². The molecule has 0 radical (unpaired) electrons. The minimum absolute atomic E-state index is 0.144. The number of nitrogens with one attached hydrogen (secondary N) is 1. The van der Waals surface area contributed by atoms with Crippen molar-refractivity contribution in [1.82, 2.24) is 19.4 Å². The molecular formula is C26H22FN5O. The van der Waals surface area contributed by atoms with Crippen LogP contribution in [0.5, 0.6) is 0 Å². The lowest BCUT2D eigenvalue weighted by atomic mass is 10.1. The molecule has 3 aliphatic heterocycles. The minimum atomic E-state index is -0.229. The first-order valence-electron chi connectivity index (χ1n) is 11.1. The predicted molar refractivity (Wildman–Crippen MR) is 125 cm³/mol. The highest BCUT2D eigenvalue weighted by atomic mass is 19.1. The molecule has 0 amide bonds. The van der Waals surface area contributed by atoms with Gasteiger partial charge in [0, 0.05) is 42.9 Å². The summed E-state index contributed by atoms with van der Waals surface area (Å²) < 4.78 is 23.6. The molecule has 0 aliphatic carbocycles. The lowest BCUT2D eigenvalue weighted by Gasteiger charge is -2.21. The third-order valence-corrected chi connectivity index (χ3v) is 6.88. The molecule has 164 valence electrons. The fourth-order valence-electron chi connectivity index (χ4n) is 5.30. The molecule has 2 atom stereocenters. The maximum atomic E-state index is 13.4. The van der Waals surface area contributed by atoms with Crippen LogP contribution in [0.4, 0.5) is 10.1 Å². The molecule has 0 saturated carbocycles. The highest BCUT2D eigenvalue weighted by Crippen LogP contribution is 2.36. The highest BCUT2D eigenvalue weighted by Gasteiger charge is 2.39. The molecule has 0 bridgehead atoms. The van der Waals surface area contributed by atoms with Gasteiger partial charge in [-0.2, -0.15) is 0 Å². The average Bonchev–Trinajstić information content (AvgIpc) is 3.56. The van der Waals surface area contributed by atoms with Crippen molar-refractivity contribution >= 4 is 5.69 Å². The second kappa shape index (κ2) is 6.75. The van der Waals surface area contributed by atoms with E-state index in [1.54, 1.807) is 0 Å². The second-order valence-electron chi connectivity index (χ2n) is 8.92. The standard InChI is InChI=1S/C26H22FN5O/c1-16-29-22-14-30(15-25(22)33-16)21-6-7-23-19(10-21)13-31-12-18(17-2-4-20(27)5-3-17)11-24(31)26-28-8-9-32(23)26/h2-12,22,25,29H,1,13-15H2/t22-,25+/m1/s1. The fourth-order valence-corrected chi connectivity index (χ4v) is 5.30. The first kappa shape index (κ1) is 18.6. The van der Waals surface area contributed by atoms with E-state index in [0.29, 0.717) is 5.88 Å². The molecule has 2 aromatic heterocycles. The van der Waals surface area contributed by atoms with Crippen molar-refractivity contribution in [2.75, 3.05) is 18.0 Å². The Hall–Kier alpha value is -4.00. The van der Waals surface area contributed by atoms with Gasteiger partial charge in [-0.1, -0.05) is 12.1 Å². The third kappa shape index (κ3) is 2.88. The molecule has 6 nitrogen and oxygen atoms in total. The number of halogens is 1. The van der Waals surface area contributed by atoms with E-state index >= 15 is 0 Å². The third-order valence-electron chi connectivity index (χ3n) is 6.88. The predicted octanol–water partition coefficient (Wildman–Crippen LogP) is 4.16. The lowest BCUT2D eigenvalue weighted by Crippen LogP contribution is -2.30. The Morgan fingerprint density at radius 1 is 1.06 bits per heavy atom. The Kier molecular flexibility index (Phi) is 3.80. The molecule has 7 rings (SSSR count). The molecule has 5 heterocycles. The molecule has 2 saturated heterocycles. The molecule has 1 N–H and O–H groups in total. The van der Waals surface area contributed by atoms with Crippen LogP contribution < -0.4 is 10.2 Å². The topological polar surface area (TPSA) is 47.2 Å². The molecule has 4 aromatic rings. The quantitative estimate of drug-likeness (QED) is 0.449. The van der Waals surface area contributed by atoms with Crippen LogP contribution in [0.2, 0.25) is 0 Å².